The maximum atomic E-state index is 12.5. The van der Waals surface area contributed by atoms with Gasteiger partial charge >= 0.3 is 0 Å². The second-order valence-corrected chi connectivity index (χ2v) is 7.48. The smallest absolute Gasteiger partial charge is 0.225 e. The minimum atomic E-state index is -0.704. The van der Waals surface area contributed by atoms with Crippen LogP contribution in [0.4, 0.5) is 0 Å². The molecule has 2 aliphatic heterocycles. The van der Waals surface area contributed by atoms with E-state index in [1.807, 2.05) is 41.4 Å². The van der Waals surface area contributed by atoms with Gasteiger partial charge in [0.1, 0.15) is 18.5 Å². The summed E-state index contributed by atoms with van der Waals surface area (Å²) in [6.07, 6.45) is 2.95. The van der Waals surface area contributed by atoms with Gasteiger partial charge in [-0.1, -0.05) is 29.8 Å². The van der Waals surface area contributed by atoms with Crippen LogP contribution in [0, 0.1) is 0 Å². The molecule has 0 spiro atoms. The van der Waals surface area contributed by atoms with Crippen LogP contribution in [-0.4, -0.2) is 35.0 Å². The highest BCUT2D eigenvalue weighted by atomic mass is 35.5. The quantitative estimate of drug-likeness (QED) is 0.739. The third-order valence-electron chi connectivity index (χ3n) is 5.42. The van der Waals surface area contributed by atoms with Crippen LogP contribution in [0.2, 0.25) is 5.02 Å². The zero-order valence-electron chi connectivity index (χ0n) is 14.7. The SMILES string of the molecule is O=C1CC[C@]2(c3c[nH]c4ccccc34)O[C@H](COc3ccc(Cl)cc3)CN12. The lowest BCUT2D eigenvalue weighted by molar-refractivity contribution is -0.140. The molecule has 1 N–H and O–H groups in total. The molecule has 3 heterocycles. The molecule has 3 aromatic rings. The predicted molar refractivity (Wildman–Crippen MR) is 103 cm³/mol. The van der Waals surface area contributed by atoms with Crippen LogP contribution in [0.3, 0.4) is 0 Å². The zero-order valence-corrected chi connectivity index (χ0v) is 15.4. The van der Waals surface area contributed by atoms with Crippen LogP contribution in [0.15, 0.2) is 54.7 Å². The van der Waals surface area contributed by atoms with Crippen molar-refractivity contribution < 1.29 is 14.3 Å². The number of carbonyl (C=O) groups excluding carboxylic acids is 1. The Morgan fingerprint density at radius 1 is 1.22 bits per heavy atom. The van der Waals surface area contributed by atoms with E-state index in [-0.39, 0.29) is 12.0 Å². The molecule has 2 fully saturated rings. The van der Waals surface area contributed by atoms with Gasteiger partial charge in [-0.2, -0.15) is 0 Å². The van der Waals surface area contributed by atoms with Crippen molar-refractivity contribution in [2.75, 3.05) is 13.2 Å². The molecule has 0 radical (unpaired) electrons. The minimum absolute atomic E-state index is 0.134. The van der Waals surface area contributed by atoms with Crippen molar-refractivity contribution in [2.24, 2.45) is 0 Å². The molecule has 1 amide bonds. The second-order valence-electron chi connectivity index (χ2n) is 7.04. The standard InChI is InChI=1S/C21H19ClN2O3/c22-14-5-7-15(8-6-14)26-13-16-12-24-20(25)9-10-21(24,27-16)18-11-23-19-4-2-1-3-17(18)19/h1-8,11,16,23H,9-10,12-13H2/t16-,21+/m0/s1. The Labute approximate surface area is 161 Å². The molecule has 5 nitrogen and oxygen atoms in total. The summed E-state index contributed by atoms with van der Waals surface area (Å²) in [7, 11) is 0. The first kappa shape index (κ1) is 16.7. The summed E-state index contributed by atoms with van der Waals surface area (Å²) in [6, 6.07) is 15.4. The summed E-state index contributed by atoms with van der Waals surface area (Å²) in [6.45, 7) is 0.918. The highest BCUT2D eigenvalue weighted by Gasteiger charge is 2.55. The molecule has 2 saturated heterocycles. The van der Waals surface area contributed by atoms with Gasteiger partial charge in [-0.3, -0.25) is 4.79 Å². The van der Waals surface area contributed by atoms with E-state index in [0.29, 0.717) is 31.0 Å². The molecule has 6 heteroatoms. The largest absolute Gasteiger partial charge is 0.491 e. The molecule has 2 aliphatic rings. The van der Waals surface area contributed by atoms with Crippen molar-refractivity contribution in [2.45, 2.75) is 24.7 Å². The monoisotopic (exact) mass is 382 g/mol. The molecular weight excluding hydrogens is 364 g/mol. The van der Waals surface area contributed by atoms with Gasteiger partial charge in [0.15, 0.2) is 5.72 Å². The number of carbonyl (C=O) groups is 1. The highest BCUT2D eigenvalue weighted by molar-refractivity contribution is 6.30. The molecule has 0 bridgehead atoms. The number of hydrogen-bond donors (Lipinski definition) is 1. The van der Waals surface area contributed by atoms with Crippen molar-refractivity contribution in [3.63, 3.8) is 0 Å². The number of para-hydroxylation sites is 1. The number of hydrogen-bond acceptors (Lipinski definition) is 3. The molecule has 5 rings (SSSR count). The number of halogens is 1. The first-order chi connectivity index (χ1) is 13.2. The topological polar surface area (TPSA) is 54.6 Å². The number of aromatic nitrogens is 1. The highest BCUT2D eigenvalue weighted by Crippen LogP contribution is 2.48. The van der Waals surface area contributed by atoms with Gasteiger partial charge in [-0.05, 0) is 30.3 Å². The zero-order chi connectivity index (χ0) is 18.4. The average Bonchev–Trinajstić information content (AvgIpc) is 3.35. The number of nitrogens with one attached hydrogen (secondary N) is 1. The van der Waals surface area contributed by atoms with Crippen LogP contribution in [-0.2, 0) is 15.3 Å². The summed E-state index contributed by atoms with van der Waals surface area (Å²) in [5.74, 6) is 0.872. The van der Waals surface area contributed by atoms with Crippen molar-refractivity contribution in [3.05, 3.63) is 65.3 Å². The number of ether oxygens (including phenoxy) is 2. The molecule has 2 aromatic carbocycles. The lowest BCUT2D eigenvalue weighted by atomic mass is 9.99. The fraction of sp³-hybridized carbons (Fsp3) is 0.286. The maximum absolute atomic E-state index is 12.5. The summed E-state index contributed by atoms with van der Waals surface area (Å²) in [5, 5.41) is 1.76. The fourth-order valence-electron chi connectivity index (χ4n) is 4.18. The van der Waals surface area contributed by atoms with Crippen LogP contribution in [0.1, 0.15) is 18.4 Å². The Kier molecular flexibility index (Phi) is 3.88. The van der Waals surface area contributed by atoms with Gasteiger partial charge in [0.05, 0.1) is 6.54 Å². The van der Waals surface area contributed by atoms with Gasteiger partial charge in [0.25, 0.3) is 0 Å². The molecule has 1 aromatic heterocycles. The molecule has 0 saturated carbocycles. The summed E-state index contributed by atoms with van der Waals surface area (Å²) >= 11 is 5.92. The van der Waals surface area contributed by atoms with Crippen molar-refractivity contribution in [3.8, 4) is 5.75 Å². The maximum Gasteiger partial charge on any atom is 0.225 e. The third-order valence-corrected chi connectivity index (χ3v) is 5.67. The number of amides is 1. The summed E-state index contributed by atoms with van der Waals surface area (Å²) in [4.78, 5) is 17.7. The Morgan fingerprint density at radius 2 is 2.04 bits per heavy atom. The Bertz CT molecular complexity index is 1000. The van der Waals surface area contributed by atoms with E-state index in [0.717, 1.165) is 22.2 Å². The second kappa shape index (κ2) is 6.29. The molecule has 27 heavy (non-hydrogen) atoms. The van der Waals surface area contributed by atoms with Crippen molar-refractivity contribution in [1.82, 2.24) is 9.88 Å². The Balaban J connectivity index is 1.42. The van der Waals surface area contributed by atoms with E-state index in [1.54, 1.807) is 12.1 Å². The lowest BCUT2D eigenvalue weighted by Crippen LogP contribution is -2.38. The number of nitrogens with zero attached hydrogens (tertiary/aromatic N) is 1. The molecular formula is C21H19ClN2O3. The van der Waals surface area contributed by atoms with Crippen molar-refractivity contribution >= 4 is 28.4 Å². The number of benzene rings is 2. The van der Waals surface area contributed by atoms with E-state index >= 15 is 0 Å². The molecule has 0 unspecified atom stereocenters. The number of rotatable bonds is 4. The van der Waals surface area contributed by atoms with Crippen molar-refractivity contribution in [1.29, 1.82) is 0 Å². The summed E-state index contributed by atoms with van der Waals surface area (Å²) < 4.78 is 12.3. The minimum Gasteiger partial charge on any atom is -0.491 e. The van der Waals surface area contributed by atoms with Crippen LogP contribution >= 0.6 is 11.6 Å². The van der Waals surface area contributed by atoms with Gasteiger partial charge in [0, 0.05) is 40.5 Å². The number of fused-ring (bicyclic) bond motifs is 2. The first-order valence-corrected chi connectivity index (χ1v) is 9.47. The first-order valence-electron chi connectivity index (χ1n) is 9.09. The van der Waals surface area contributed by atoms with E-state index in [1.165, 1.54) is 0 Å². The molecule has 0 aliphatic carbocycles. The number of H-pyrrole nitrogens is 1. The van der Waals surface area contributed by atoms with Gasteiger partial charge < -0.3 is 19.4 Å². The Hall–Kier alpha value is -2.50. The predicted octanol–water partition coefficient (Wildman–Crippen LogP) is 4.07. The van der Waals surface area contributed by atoms with Crippen LogP contribution < -0.4 is 4.74 Å². The van der Waals surface area contributed by atoms with E-state index < -0.39 is 5.72 Å². The van der Waals surface area contributed by atoms with Gasteiger partial charge in [-0.25, -0.2) is 0 Å². The van der Waals surface area contributed by atoms with Crippen LogP contribution in [0.5, 0.6) is 5.75 Å². The van der Waals surface area contributed by atoms with E-state index in [4.69, 9.17) is 21.1 Å². The summed E-state index contributed by atoms with van der Waals surface area (Å²) in [5.41, 5.74) is 1.37. The molecule has 2 atom stereocenters. The fourth-order valence-corrected chi connectivity index (χ4v) is 4.31. The van der Waals surface area contributed by atoms with E-state index in [9.17, 15) is 4.79 Å². The third kappa shape index (κ3) is 2.69. The van der Waals surface area contributed by atoms with Gasteiger partial charge in [-0.15, -0.1) is 0 Å². The normalized spacial score (nSPS) is 24.6. The van der Waals surface area contributed by atoms with E-state index in [2.05, 4.69) is 11.1 Å². The number of aromatic amines is 1. The molecule has 138 valence electrons. The average molecular weight is 383 g/mol. The lowest BCUT2D eigenvalue weighted by Gasteiger charge is -2.30. The van der Waals surface area contributed by atoms with Crippen LogP contribution in [0.25, 0.3) is 10.9 Å². The Morgan fingerprint density at radius 3 is 2.89 bits per heavy atom. The van der Waals surface area contributed by atoms with Gasteiger partial charge in [0.2, 0.25) is 5.91 Å².